The lowest BCUT2D eigenvalue weighted by Crippen LogP contribution is -2.46. The predicted molar refractivity (Wildman–Crippen MR) is 94.0 cm³/mol. The predicted octanol–water partition coefficient (Wildman–Crippen LogP) is 2.08. The van der Waals surface area contributed by atoms with E-state index in [0.717, 1.165) is 5.56 Å². The molecule has 1 aromatic rings. The minimum absolute atomic E-state index is 0.0711. The Morgan fingerprint density at radius 1 is 1.08 bits per heavy atom. The molecule has 7 heteroatoms. The number of amidine groups is 1. The summed E-state index contributed by atoms with van der Waals surface area (Å²) in [4.78, 5) is 4.35. The van der Waals surface area contributed by atoms with Gasteiger partial charge < -0.3 is 19.9 Å². The molecule has 7 nitrogen and oxygen atoms in total. The Kier molecular flexibility index (Phi) is 3.99. The molecule has 0 radical (unpaired) electrons. The molecule has 26 heavy (non-hydrogen) atoms. The van der Waals surface area contributed by atoms with E-state index >= 15 is 0 Å². The van der Waals surface area contributed by atoms with Gasteiger partial charge in [0.2, 0.25) is 0 Å². The number of fused-ring (bicyclic) bond motifs is 1. The molecule has 0 amide bonds. The first-order chi connectivity index (χ1) is 12.4. The monoisotopic (exact) mass is 354 g/mol. The number of hydrogen-bond donors (Lipinski definition) is 1. The van der Waals surface area contributed by atoms with Gasteiger partial charge in [0.25, 0.3) is 5.91 Å². The number of benzene rings is 1. The second kappa shape index (κ2) is 5.70. The molecule has 0 spiro atoms. The number of rotatable bonds is 6. The Balaban J connectivity index is 2.26. The van der Waals surface area contributed by atoms with Gasteiger partial charge in [-0.2, -0.15) is 10.5 Å². The van der Waals surface area contributed by atoms with Crippen LogP contribution in [0.1, 0.15) is 26.3 Å². The Hall–Kier alpha value is -2.61. The summed E-state index contributed by atoms with van der Waals surface area (Å²) in [6.45, 7) is 5.95. The van der Waals surface area contributed by atoms with Crippen molar-refractivity contribution in [1.29, 1.82) is 10.5 Å². The first-order valence-corrected chi connectivity index (χ1v) is 8.52. The molecule has 2 N–H and O–H groups in total. The van der Waals surface area contributed by atoms with Crippen molar-refractivity contribution < 1.29 is 14.2 Å². The fraction of sp³-hybridized carbons (Fsp3) is 0.526. The highest BCUT2D eigenvalue weighted by Gasteiger charge is 2.99. The molecule has 0 saturated heterocycles. The highest BCUT2D eigenvalue weighted by molar-refractivity contribution is 6.02. The van der Waals surface area contributed by atoms with E-state index in [9.17, 15) is 10.5 Å². The summed E-state index contributed by atoms with van der Waals surface area (Å²) in [5, 5.41) is 20.4. The fourth-order valence-corrected chi connectivity index (χ4v) is 4.64. The maximum Gasteiger partial charge on any atom is 0.293 e. The fourth-order valence-electron chi connectivity index (χ4n) is 4.64. The van der Waals surface area contributed by atoms with Crippen molar-refractivity contribution in [3.63, 3.8) is 0 Å². The van der Waals surface area contributed by atoms with Crippen molar-refractivity contribution in [2.24, 2.45) is 21.6 Å². The molecule has 1 heterocycles. The van der Waals surface area contributed by atoms with Gasteiger partial charge in [0.05, 0.1) is 19.2 Å². The number of nitriles is 2. The summed E-state index contributed by atoms with van der Waals surface area (Å²) in [5.41, 5.74) is 3.36. The zero-order valence-electron chi connectivity index (χ0n) is 15.4. The Morgan fingerprint density at radius 2 is 1.65 bits per heavy atom. The van der Waals surface area contributed by atoms with Crippen LogP contribution < -0.4 is 10.5 Å². The number of nitrogens with zero attached hydrogens (tertiary/aromatic N) is 3. The average Bonchev–Trinajstić information content (AvgIpc) is 3.08. The minimum atomic E-state index is -1.61. The van der Waals surface area contributed by atoms with Gasteiger partial charge in [0, 0.05) is 18.6 Å². The Labute approximate surface area is 153 Å². The van der Waals surface area contributed by atoms with Gasteiger partial charge in [0.15, 0.2) is 10.8 Å². The lowest BCUT2D eigenvalue weighted by Gasteiger charge is -2.34. The van der Waals surface area contributed by atoms with Crippen molar-refractivity contribution in [3.05, 3.63) is 29.8 Å². The third kappa shape index (κ3) is 1.61. The van der Waals surface area contributed by atoms with E-state index in [0.29, 0.717) is 5.75 Å². The van der Waals surface area contributed by atoms with Crippen molar-refractivity contribution in [2.75, 3.05) is 20.3 Å². The number of methoxy groups -OCH3 is 1. The maximum atomic E-state index is 10.3. The molecular weight excluding hydrogens is 332 g/mol. The van der Waals surface area contributed by atoms with Gasteiger partial charge in [-0.25, -0.2) is 4.99 Å². The third-order valence-electron chi connectivity index (χ3n) is 5.81. The molecular formula is C19H22N4O3. The normalized spacial score (nSPS) is 33.5. The number of ether oxygens (including phenoxy) is 3. The third-order valence-corrected chi connectivity index (χ3v) is 5.81. The van der Waals surface area contributed by atoms with Crippen LogP contribution in [0, 0.1) is 33.5 Å². The van der Waals surface area contributed by atoms with Crippen molar-refractivity contribution in [2.45, 2.75) is 32.1 Å². The quantitative estimate of drug-likeness (QED) is 0.782. The SMILES string of the molecule is CCOC1(OCC)N=C(N)[C@@]2(C#N)[C@](C)(c3ccc(OC)cc3)[C@@]12C#N. The van der Waals surface area contributed by atoms with E-state index in [1.54, 1.807) is 33.1 Å². The molecule has 0 aromatic heterocycles. The summed E-state index contributed by atoms with van der Waals surface area (Å²) in [7, 11) is 1.58. The smallest absolute Gasteiger partial charge is 0.293 e. The molecule has 1 aliphatic heterocycles. The summed E-state index contributed by atoms with van der Waals surface area (Å²) in [6, 6.07) is 11.9. The maximum absolute atomic E-state index is 10.3. The largest absolute Gasteiger partial charge is 0.497 e. The van der Waals surface area contributed by atoms with Gasteiger partial charge >= 0.3 is 0 Å². The van der Waals surface area contributed by atoms with E-state index in [4.69, 9.17) is 19.9 Å². The van der Waals surface area contributed by atoms with Crippen LogP contribution in [0.4, 0.5) is 0 Å². The average molecular weight is 354 g/mol. The highest BCUT2D eigenvalue weighted by atomic mass is 16.7. The second-order valence-electron chi connectivity index (χ2n) is 6.52. The molecule has 1 saturated carbocycles. The van der Waals surface area contributed by atoms with Crippen LogP contribution in [0.2, 0.25) is 0 Å². The lowest BCUT2D eigenvalue weighted by molar-refractivity contribution is -0.257. The molecule has 1 aromatic carbocycles. The van der Waals surface area contributed by atoms with Crippen LogP contribution in [-0.2, 0) is 14.9 Å². The van der Waals surface area contributed by atoms with Crippen LogP contribution in [0.15, 0.2) is 29.3 Å². The van der Waals surface area contributed by atoms with Crippen LogP contribution in [0.25, 0.3) is 0 Å². The van der Waals surface area contributed by atoms with Crippen molar-refractivity contribution in [1.82, 2.24) is 0 Å². The Bertz CT molecular complexity index is 832. The second-order valence-corrected chi connectivity index (χ2v) is 6.52. The van der Waals surface area contributed by atoms with E-state index in [1.165, 1.54) is 0 Å². The molecule has 1 fully saturated rings. The summed E-state index contributed by atoms with van der Waals surface area (Å²) in [6.07, 6.45) is 0. The number of nitrogens with two attached hydrogens (primary N) is 1. The standard InChI is InChI=1S/C19H22N4O3/c1-5-25-19(26-6-2)18(12-21)16(3,17(18,11-20)15(22)23-19)13-7-9-14(24-4)10-8-13/h7-10H,5-6H2,1-4H3,(H2,22,23)/t16-,17-,18+/m0/s1. The van der Waals surface area contributed by atoms with Gasteiger partial charge in [-0.3, -0.25) is 0 Å². The molecule has 0 unspecified atom stereocenters. The van der Waals surface area contributed by atoms with Crippen LogP contribution in [0.3, 0.4) is 0 Å². The molecule has 0 bridgehead atoms. The summed E-state index contributed by atoms with van der Waals surface area (Å²) in [5.74, 6) is -0.857. The zero-order valence-corrected chi connectivity index (χ0v) is 15.4. The van der Waals surface area contributed by atoms with Gasteiger partial charge in [-0.15, -0.1) is 0 Å². The van der Waals surface area contributed by atoms with Gasteiger partial charge in [-0.05, 0) is 31.5 Å². The zero-order chi connectivity index (χ0) is 19.2. The minimum Gasteiger partial charge on any atom is -0.497 e. The number of aliphatic imine (C=N–C) groups is 1. The first-order valence-electron chi connectivity index (χ1n) is 8.52. The van der Waals surface area contributed by atoms with E-state index < -0.39 is 22.2 Å². The summed E-state index contributed by atoms with van der Waals surface area (Å²) >= 11 is 0. The number of hydrogen-bond acceptors (Lipinski definition) is 7. The van der Waals surface area contributed by atoms with Crippen molar-refractivity contribution in [3.8, 4) is 17.9 Å². The van der Waals surface area contributed by atoms with Gasteiger partial charge in [0.1, 0.15) is 11.6 Å². The summed E-state index contributed by atoms with van der Waals surface area (Å²) < 4.78 is 16.9. The lowest BCUT2D eigenvalue weighted by atomic mass is 9.84. The highest BCUT2D eigenvalue weighted by Crippen LogP contribution is 2.85. The first kappa shape index (κ1) is 18.2. The molecule has 2 aliphatic rings. The molecule has 3 rings (SSSR count). The van der Waals surface area contributed by atoms with E-state index in [2.05, 4.69) is 17.1 Å². The Morgan fingerprint density at radius 3 is 2.08 bits per heavy atom. The molecule has 3 atom stereocenters. The van der Waals surface area contributed by atoms with E-state index in [-0.39, 0.29) is 19.0 Å². The molecule has 136 valence electrons. The van der Waals surface area contributed by atoms with E-state index in [1.807, 2.05) is 19.1 Å². The van der Waals surface area contributed by atoms with Crippen LogP contribution in [0.5, 0.6) is 5.75 Å². The van der Waals surface area contributed by atoms with Crippen LogP contribution in [-0.4, -0.2) is 32.1 Å². The van der Waals surface area contributed by atoms with Crippen molar-refractivity contribution >= 4 is 5.84 Å². The molecule has 1 aliphatic carbocycles. The van der Waals surface area contributed by atoms with Gasteiger partial charge in [-0.1, -0.05) is 19.1 Å². The van der Waals surface area contributed by atoms with Crippen LogP contribution >= 0.6 is 0 Å². The topological polar surface area (TPSA) is 114 Å².